The van der Waals surface area contributed by atoms with Gasteiger partial charge in [-0.25, -0.2) is 4.39 Å². The van der Waals surface area contributed by atoms with Crippen molar-refractivity contribution < 1.29 is 4.39 Å². The summed E-state index contributed by atoms with van der Waals surface area (Å²) < 4.78 is 13.2. The van der Waals surface area contributed by atoms with Crippen LogP contribution in [0.3, 0.4) is 0 Å². The van der Waals surface area contributed by atoms with Crippen LogP contribution in [0.1, 0.15) is 26.7 Å². The van der Waals surface area contributed by atoms with Crippen LogP contribution in [0.4, 0.5) is 10.1 Å². The quantitative estimate of drug-likeness (QED) is 0.911. The number of hydrogen-bond acceptors (Lipinski definition) is 2. The molecule has 0 spiro atoms. The van der Waals surface area contributed by atoms with Gasteiger partial charge >= 0.3 is 0 Å². The molecule has 1 atom stereocenters. The summed E-state index contributed by atoms with van der Waals surface area (Å²) in [5, 5.41) is 3.79. The first-order valence-corrected chi connectivity index (χ1v) is 7.37. The molecule has 1 aliphatic heterocycles. The Morgan fingerprint density at radius 3 is 2.95 bits per heavy atom. The van der Waals surface area contributed by atoms with Crippen LogP contribution in [0.25, 0.3) is 0 Å². The van der Waals surface area contributed by atoms with Crippen LogP contribution in [-0.4, -0.2) is 25.7 Å². The number of benzene rings is 1. The van der Waals surface area contributed by atoms with Crippen LogP contribution in [-0.2, 0) is 0 Å². The third kappa shape index (κ3) is 4.08. The van der Waals surface area contributed by atoms with Crippen LogP contribution in [0.2, 0.25) is 5.02 Å². The highest BCUT2D eigenvalue weighted by Crippen LogP contribution is 2.24. The van der Waals surface area contributed by atoms with Gasteiger partial charge in [-0.05, 0) is 43.5 Å². The summed E-state index contributed by atoms with van der Waals surface area (Å²) in [6.45, 7) is 7.48. The second-order valence-corrected chi connectivity index (χ2v) is 6.09. The molecular formula is C15H22ClFN2. The lowest BCUT2D eigenvalue weighted by atomic mass is 10.0. The van der Waals surface area contributed by atoms with Gasteiger partial charge in [0.1, 0.15) is 5.82 Å². The van der Waals surface area contributed by atoms with Crippen LogP contribution in [0.15, 0.2) is 18.2 Å². The van der Waals surface area contributed by atoms with Gasteiger partial charge in [-0.3, -0.25) is 0 Å². The Balaban J connectivity index is 2.10. The molecule has 19 heavy (non-hydrogen) atoms. The van der Waals surface area contributed by atoms with Crippen LogP contribution >= 0.6 is 11.6 Å². The first-order chi connectivity index (χ1) is 9.06. The summed E-state index contributed by atoms with van der Waals surface area (Å²) in [5.41, 5.74) is 1.02. The molecule has 106 valence electrons. The normalized spacial score (nSPS) is 20.7. The molecule has 2 nitrogen and oxygen atoms in total. The van der Waals surface area contributed by atoms with E-state index in [0.717, 1.165) is 38.2 Å². The first kappa shape index (κ1) is 14.6. The largest absolute Gasteiger partial charge is 0.370 e. The van der Waals surface area contributed by atoms with E-state index in [0.29, 0.717) is 12.0 Å². The average Bonchev–Trinajstić information content (AvgIpc) is 2.57. The van der Waals surface area contributed by atoms with Crippen molar-refractivity contribution in [3.8, 4) is 0 Å². The number of anilines is 1. The fourth-order valence-electron chi connectivity index (χ4n) is 2.64. The molecule has 1 unspecified atom stereocenters. The Kier molecular flexibility index (Phi) is 5.06. The summed E-state index contributed by atoms with van der Waals surface area (Å²) in [6.07, 6.45) is 2.26. The van der Waals surface area contributed by atoms with E-state index >= 15 is 0 Å². The Morgan fingerprint density at radius 1 is 1.47 bits per heavy atom. The van der Waals surface area contributed by atoms with Gasteiger partial charge in [-0.15, -0.1) is 0 Å². The van der Waals surface area contributed by atoms with E-state index in [1.54, 1.807) is 6.07 Å². The zero-order chi connectivity index (χ0) is 13.8. The van der Waals surface area contributed by atoms with Crippen molar-refractivity contribution in [1.29, 1.82) is 0 Å². The number of rotatable bonds is 3. The minimum Gasteiger partial charge on any atom is -0.370 e. The van der Waals surface area contributed by atoms with Crippen molar-refractivity contribution in [3.63, 3.8) is 0 Å². The maximum absolute atomic E-state index is 13.2. The predicted octanol–water partition coefficient (Wildman–Crippen LogP) is 3.69. The molecular weight excluding hydrogens is 263 g/mol. The molecule has 0 saturated carbocycles. The molecule has 0 amide bonds. The Bertz CT molecular complexity index is 423. The summed E-state index contributed by atoms with van der Waals surface area (Å²) in [5.74, 6) is 0.325. The van der Waals surface area contributed by atoms with Gasteiger partial charge in [0.25, 0.3) is 0 Å². The second kappa shape index (κ2) is 6.58. The fourth-order valence-corrected chi connectivity index (χ4v) is 2.82. The van der Waals surface area contributed by atoms with Crippen molar-refractivity contribution in [2.75, 3.05) is 24.5 Å². The van der Waals surface area contributed by atoms with Gasteiger partial charge in [0.15, 0.2) is 0 Å². The summed E-state index contributed by atoms with van der Waals surface area (Å²) in [6, 6.07) is 5.49. The second-order valence-electron chi connectivity index (χ2n) is 5.68. The number of nitrogens with zero attached hydrogens (tertiary/aromatic N) is 1. The van der Waals surface area contributed by atoms with Crippen LogP contribution in [0.5, 0.6) is 0 Å². The van der Waals surface area contributed by atoms with E-state index in [2.05, 4.69) is 24.1 Å². The molecule has 2 rings (SSSR count). The fraction of sp³-hybridized carbons (Fsp3) is 0.600. The summed E-state index contributed by atoms with van der Waals surface area (Å²) >= 11 is 5.88. The molecule has 0 aromatic heterocycles. The maximum atomic E-state index is 13.2. The SMILES string of the molecule is CC(C)CC1CN(c2ccc(F)c(Cl)c2)CCCN1. The summed E-state index contributed by atoms with van der Waals surface area (Å²) in [7, 11) is 0. The standard InChI is InChI=1S/C15H22ClFN2/c1-11(2)8-12-10-19(7-3-6-18-12)13-4-5-15(17)14(16)9-13/h4-5,9,11-12,18H,3,6-8,10H2,1-2H3. The van der Waals surface area contributed by atoms with Crippen LogP contribution < -0.4 is 10.2 Å². The maximum Gasteiger partial charge on any atom is 0.141 e. The van der Waals surface area contributed by atoms with Gasteiger partial charge in [0.05, 0.1) is 5.02 Å². The molecule has 0 radical (unpaired) electrons. The lowest BCUT2D eigenvalue weighted by Crippen LogP contribution is -2.38. The number of nitrogens with one attached hydrogen (secondary N) is 1. The van der Waals surface area contributed by atoms with Crippen molar-refractivity contribution in [2.45, 2.75) is 32.7 Å². The van der Waals surface area contributed by atoms with Gasteiger partial charge in [-0.1, -0.05) is 25.4 Å². The molecule has 4 heteroatoms. The molecule has 1 N–H and O–H groups in total. The van der Waals surface area contributed by atoms with Gasteiger partial charge in [-0.2, -0.15) is 0 Å². The van der Waals surface area contributed by atoms with E-state index in [-0.39, 0.29) is 10.8 Å². The lowest BCUT2D eigenvalue weighted by Gasteiger charge is -2.27. The molecule has 1 fully saturated rings. The predicted molar refractivity (Wildman–Crippen MR) is 79.5 cm³/mol. The lowest BCUT2D eigenvalue weighted by molar-refractivity contribution is 0.436. The molecule has 0 bridgehead atoms. The smallest absolute Gasteiger partial charge is 0.141 e. The van der Waals surface area contributed by atoms with Crippen molar-refractivity contribution >= 4 is 17.3 Å². The minimum absolute atomic E-state index is 0.204. The Morgan fingerprint density at radius 2 is 2.26 bits per heavy atom. The van der Waals surface area contributed by atoms with Gasteiger partial charge in [0.2, 0.25) is 0 Å². The van der Waals surface area contributed by atoms with Crippen LogP contribution in [0, 0.1) is 11.7 Å². The monoisotopic (exact) mass is 284 g/mol. The molecule has 1 aliphatic rings. The molecule has 1 saturated heterocycles. The zero-order valence-electron chi connectivity index (χ0n) is 11.6. The zero-order valence-corrected chi connectivity index (χ0v) is 12.4. The van der Waals surface area contributed by atoms with E-state index in [1.165, 1.54) is 6.07 Å². The Labute approximate surface area is 119 Å². The summed E-state index contributed by atoms with van der Waals surface area (Å²) in [4.78, 5) is 2.30. The first-order valence-electron chi connectivity index (χ1n) is 6.99. The average molecular weight is 285 g/mol. The number of halogens is 2. The molecule has 0 aliphatic carbocycles. The topological polar surface area (TPSA) is 15.3 Å². The van der Waals surface area contributed by atoms with Crippen molar-refractivity contribution in [2.24, 2.45) is 5.92 Å². The van der Waals surface area contributed by atoms with E-state index < -0.39 is 0 Å². The third-order valence-corrected chi connectivity index (χ3v) is 3.79. The minimum atomic E-state index is -0.350. The van der Waals surface area contributed by atoms with Crippen molar-refractivity contribution in [1.82, 2.24) is 5.32 Å². The van der Waals surface area contributed by atoms with E-state index in [1.807, 2.05) is 6.07 Å². The molecule has 1 heterocycles. The van der Waals surface area contributed by atoms with Gasteiger partial charge in [0, 0.05) is 24.8 Å². The Hall–Kier alpha value is -0.800. The third-order valence-electron chi connectivity index (χ3n) is 3.50. The van der Waals surface area contributed by atoms with E-state index in [4.69, 9.17) is 11.6 Å². The number of hydrogen-bond donors (Lipinski definition) is 1. The highest BCUT2D eigenvalue weighted by Gasteiger charge is 2.19. The van der Waals surface area contributed by atoms with E-state index in [9.17, 15) is 4.39 Å². The molecule has 1 aromatic carbocycles. The molecule has 1 aromatic rings. The highest BCUT2D eigenvalue weighted by molar-refractivity contribution is 6.31. The highest BCUT2D eigenvalue weighted by atomic mass is 35.5. The van der Waals surface area contributed by atoms with Gasteiger partial charge < -0.3 is 10.2 Å². The van der Waals surface area contributed by atoms with Crippen molar-refractivity contribution in [3.05, 3.63) is 29.0 Å².